The van der Waals surface area contributed by atoms with E-state index in [1.54, 1.807) is 12.1 Å². The topological polar surface area (TPSA) is 43.4 Å². The Morgan fingerprint density at radius 2 is 1.65 bits per heavy atom. The summed E-state index contributed by atoms with van der Waals surface area (Å²) in [5.74, 6) is -0.794. The van der Waals surface area contributed by atoms with Crippen molar-refractivity contribution >= 4 is 11.8 Å². The highest BCUT2D eigenvalue weighted by Crippen LogP contribution is 2.36. The fraction of sp³-hybridized carbons (Fsp3) is 0.176. The van der Waals surface area contributed by atoms with Gasteiger partial charge in [-0.2, -0.15) is 0 Å². The second kappa shape index (κ2) is 4.93. The Labute approximate surface area is 117 Å². The molecule has 0 bridgehead atoms. The van der Waals surface area contributed by atoms with Crippen LogP contribution in [0.1, 0.15) is 34.3 Å². The molecule has 1 aliphatic rings. The number of cyclic esters (lactones) is 1. The molecule has 0 spiro atoms. The van der Waals surface area contributed by atoms with Crippen LogP contribution in [0.15, 0.2) is 54.6 Å². The first-order chi connectivity index (χ1) is 9.68. The fourth-order valence-electron chi connectivity index (χ4n) is 2.70. The van der Waals surface area contributed by atoms with E-state index in [4.69, 9.17) is 4.74 Å². The molecule has 1 aliphatic heterocycles. The maximum absolute atomic E-state index is 12.0. The van der Waals surface area contributed by atoms with Crippen molar-refractivity contribution in [2.75, 3.05) is 0 Å². The van der Waals surface area contributed by atoms with Gasteiger partial charge in [0.05, 0.1) is 11.5 Å². The van der Waals surface area contributed by atoms with Gasteiger partial charge in [-0.05, 0) is 24.1 Å². The van der Waals surface area contributed by atoms with Crippen molar-refractivity contribution in [2.24, 2.45) is 0 Å². The summed E-state index contributed by atoms with van der Waals surface area (Å²) in [5.41, 5.74) is 2.38. The van der Waals surface area contributed by atoms with Crippen LogP contribution >= 0.6 is 0 Å². The van der Waals surface area contributed by atoms with E-state index in [0.29, 0.717) is 5.56 Å². The molecule has 0 aromatic heterocycles. The molecule has 20 heavy (non-hydrogen) atoms. The number of ether oxygens (including phenoxy) is 1. The number of fused-ring (bicyclic) bond motifs is 1. The number of carbonyl (C=O) groups excluding carboxylic acids is 2. The van der Waals surface area contributed by atoms with E-state index in [0.717, 1.165) is 11.1 Å². The molecule has 2 unspecified atom stereocenters. The van der Waals surface area contributed by atoms with Gasteiger partial charge in [-0.15, -0.1) is 0 Å². The van der Waals surface area contributed by atoms with Gasteiger partial charge < -0.3 is 4.74 Å². The van der Waals surface area contributed by atoms with E-state index in [1.165, 1.54) is 6.92 Å². The zero-order valence-electron chi connectivity index (χ0n) is 11.1. The van der Waals surface area contributed by atoms with Crippen molar-refractivity contribution in [3.8, 4) is 0 Å². The van der Waals surface area contributed by atoms with Crippen LogP contribution in [0, 0.1) is 0 Å². The maximum Gasteiger partial charge on any atom is 0.339 e. The molecule has 0 N–H and O–H groups in total. The van der Waals surface area contributed by atoms with Crippen molar-refractivity contribution in [3.63, 3.8) is 0 Å². The average Bonchev–Trinajstić information content (AvgIpc) is 2.48. The molecule has 0 radical (unpaired) electrons. The van der Waals surface area contributed by atoms with E-state index < -0.39 is 12.1 Å². The van der Waals surface area contributed by atoms with Crippen molar-refractivity contribution < 1.29 is 14.3 Å². The molecule has 3 nitrogen and oxygen atoms in total. The first-order valence-corrected chi connectivity index (χ1v) is 6.54. The standard InChI is InChI=1S/C17H14O3/c1-11(18)16-15(12-7-3-2-4-8-12)13-9-5-6-10-14(13)17(19)20-16/h2-10,15-16H,1H3. The minimum atomic E-state index is -0.750. The zero-order chi connectivity index (χ0) is 14.1. The molecule has 100 valence electrons. The van der Waals surface area contributed by atoms with Gasteiger partial charge in [0.15, 0.2) is 11.9 Å². The number of rotatable bonds is 2. The highest BCUT2D eigenvalue weighted by Gasteiger charge is 2.38. The molecule has 2 atom stereocenters. The van der Waals surface area contributed by atoms with Gasteiger partial charge in [-0.1, -0.05) is 48.5 Å². The predicted octanol–water partition coefficient (Wildman–Crippen LogP) is 2.95. The quantitative estimate of drug-likeness (QED) is 0.785. The number of benzene rings is 2. The monoisotopic (exact) mass is 266 g/mol. The summed E-state index contributed by atoms with van der Waals surface area (Å²) < 4.78 is 5.35. The van der Waals surface area contributed by atoms with Gasteiger partial charge in [0.2, 0.25) is 0 Å². The second-order valence-corrected chi connectivity index (χ2v) is 4.91. The predicted molar refractivity (Wildman–Crippen MR) is 74.6 cm³/mol. The summed E-state index contributed by atoms with van der Waals surface area (Å²) >= 11 is 0. The first kappa shape index (κ1) is 12.6. The van der Waals surface area contributed by atoms with E-state index in [1.807, 2.05) is 42.5 Å². The molecule has 1 heterocycles. The lowest BCUT2D eigenvalue weighted by Crippen LogP contribution is -2.37. The Kier molecular flexibility index (Phi) is 3.11. The van der Waals surface area contributed by atoms with Gasteiger partial charge >= 0.3 is 5.97 Å². The number of carbonyl (C=O) groups is 2. The minimum absolute atomic E-state index is 0.137. The Morgan fingerprint density at radius 3 is 2.35 bits per heavy atom. The lowest BCUT2D eigenvalue weighted by Gasteiger charge is -2.31. The van der Waals surface area contributed by atoms with E-state index in [-0.39, 0.29) is 11.7 Å². The SMILES string of the molecule is CC(=O)C1OC(=O)c2ccccc2C1c1ccccc1. The summed E-state index contributed by atoms with van der Waals surface area (Å²) in [6.07, 6.45) is -0.750. The lowest BCUT2D eigenvalue weighted by atomic mass is 9.81. The molecule has 0 saturated carbocycles. The summed E-state index contributed by atoms with van der Waals surface area (Å²) in [6, 6.07) is 17.0. The summed E-state index contributed by atoms with van der Waals surface area (Å²) in [4.78, 5) is 23.9. The number of hydrogen-bond acceptors (Lipinski definition) is 3. The van der Waals surface area contributed by atoms with Gasteiger partial charge in [0.25, 0.3) is 0 Å². The van der Waals surface area contributed by atoms with Crippen LogP contribution in [-0.4, -0.2) is 17.9 Å². The molecule has 3 heteroatoms. The minimum Gasteiger partial charge on any atom is -0.450 e. The van der Waals surface area contributed by atoms with Crippen LogP contribution in [0.2, 0.25) is 0 Å². The van der Waals surface area contributed by atoms with Crippen LogP contribution in [0.5, 0.6) is 0 Å². The third kappa shape index (κ3) is 2.01. The molecule has 2 aromatic carbocycles. The third-order valence-corrected chi connectivity index (χ3v) is 3.61. The molecular weight excluding hydrogens is 252 g/mol. The Bertz CT molecular complexity index is 661. The number of Topliss-reactive ketones (excluding diaryl/α,β-unsaturated/α-hetero) is 1. The molecule has 0 saturated heterocycles. The zero-order valence-corrected chi connectivity index (χ0v) is 11.1. The highest BCUT2D eigenvalue weighted by molar-refractivity contribution is 5.97. The van der Waals surface area contributed by atoms with E-state index in [2.05, 4.69) is 0 Å². The molecule has 0 aliphatic carbocycles. The smallest absolute Gasteiger partial charge is 0.339 e. The average molecular weight is 266 g/mol. The third-order valence-electron chi connectivity index (χ3n) is 3.61. The molecule has 2 aromatic rings. The largest absolute Gasteiger partial charge is 0.450 e. The molecular formula is C17H14O3. The maximum atomic E-state index is 12.0. The van der Waals surface area contributed by atoms with Gasteiger partial charge in [-0.3, -0.25) is 4.79 Å². The Morgan fingerprint density at radius 1 is 1.00 bits per heavy atom. The van der Waals surface area contributed by atoms with Crippen molar-refractivity contribution in [3.05, 3.63) is 71.3 Å². The lowest BCUT2D eigenvalue weighted by molar-refractivity contribution is -0.126. The van der Waals surface area contributed by atoms with Crippen molar-refractivity contribution in [1.82, 2.24) is 0 Å². The first-order valence-electron chi connectivity index (χ1n) is 6.54. The van der Waals surface area contributed by atoms with E-state index in [9.17, 15) is 9.59 Å². The van der Waals surface area contributed by atoms with Crippen LogP contribution in [0.4, 0.5) is 0 Å². The van der Waals surface area contributed by atoms with Gasteiger partial charge in [0, 0.05) is 0 Å². The highest BCUT2D eigenvalue weighted by atomic mass is 16.5. The number of hydrogen-bond donors (Lipinski definition) is 0. The summed E-state index contributed by atoms with van der Waals surface area (Å²) in [5, 5.41) is 0. The Balaban J connectivity index is 2.19. The van der Waals surface area contributed by atoms with Crippen LogP contribution < -0.4 is 0 Å². The van der Waals surface area contributed by atoms with Crippen molar-refractivity contribution in [2.45, 2.75) is 18.9 Å². The molecule has 0 fully saturated rings. The normalized spacial score (nSPS) is 20.9. The molecule has 0 amide bonds. The van der Waals surface area contributed by atoms with Crippen LogP contribution in [0.25, 0.3) is 0 Å². The van der Waals surface area contributed by atoms with Crippen LogP contribution in [0.3, 0.4) is 0 Å². The van der Waals surface area contributed by atoms with Gasteiger partial charge in [0.1, 0.15) is 0 Å². The molecule has 3 rings (SSSR count). The van der Waals surface area contributed by atoms with E-state index >= 15 is 0 Å². The number of ketones is 1. The summed E-state index contributed by atoms with van der Waals surface area (Å²) in [6.45, 7) is 1.46. The summed E-state index contributed by atoms with van der Waals surface area (Å²) in [7, 11) is 0. The van der Waals surface area contributed by atoms with Crippen molar-refractivity contribution in [1.29, 1.82) is 0 Å². The van der Waals surface area contributed by atoms with Gasteiger partial charge in [-0.25, -0.2) is 4.79 Å². The second-order valence-electron chi connectivity index (χ2n) is 4.91. The Hall–Kier alpha value is -2.42. The fourth-order valence-corrected chi connectivity index (χ4v) is 2.70. The number of esters is 1. The van der Waals surface area contributed by atoms with Crippen LogP contribution in [-0.2, 0) is 9.53 Å².